The van der Waals surface area contributed by atoms with Crippen LogP contribution in [-0.2, 0) is 11.2 Å². The zero-order valence-electron chi connectivity index (χ0n) is 19.9. The van der Waals surface area contributed by atoms with Gasteiger partial charge in [-0.25, -0.2) is 9.67 Å². The third-order valence-electron chi connectivity index (χ3n) is 5.61. The highest BCUT2D eigenvalue weighted by molar-refractivity contribution is 7.12. The van der Waals surface area contributed by atoms with Gasteiger partial charge in [-0.3, -0.25) is 9.59 Å². The molecular formula is C26H29N5O2S. The average Bonchev–Trinajstić information content (AvgIpc) is 3.40. The molecule has 3 heterocycles. The summed E-state index contributed by atoms with van der Waals surface area (Å²) in [6, 6.07) is 13.9. The van der Waals surface area contributed by atoms with Crippen LogP contribution >= 0.6 is 11.3 Å². The van der Waals surface area contributed by atoms with Crippen LogP contribution in [0.25, 0.3) is 22.3 Å². The zero-order chi connectivity index (χ0) is 24.2. The number of hydrogen-bond acceptors (Lipinski definition) is 5. The Kier molecular flexibility index (Phi) is 7.07. The average molecular weight is 476 g/mol. The van der Waals surface area contributed by atoms with Crippen molar-refractivity contribution < 1.29 is 9.59 Å². The van der Waals surface area contributed by atoms with Crippen LogP contribution in [0.2, 0.25) is 0 Å². The lowest BCUT2D eigenvalue weighted by atomic mass is 10.1. The number of nitrogens with one attached hydrogen (secondary N) is 2. The van der Waals surface area contributed by atoms with E-state index in [-0.39, 0.29) is 24.4 Å². The first-order valence-corrected chi connectivity index (χ1v) is 12.2. The molecule has 3 aromatic heterocycles. The number of thiophene rings is 1. The molecular weight excluding hydrogens is 446 g/mol. The molecule has 0 radical (unpaired) electrons. The first kappa shape index (κ1) is 23.6. The quantitative estimate of drug-likeness (QED) is 0.394. The number of carbonyl (C=O) groups excluding carboxylic acids is 2. The van der Waals surface area contributed by atoms with Gasteiger partial charge in [-0.15, -0.1) is 11.3 Å². The summed E-state index contributed by atoms with van der Waals surface area (Å²) in [5.74, 6) is -0.545. The molecule has 0 aliphatic heterocycles. The number of rotatable bonds is 8. The molecule has 0 saturated carbocycles. The van der Waals surface area contributed by atoms with Crippen molar-refractivity contribution in [2.75, 3.05) is 13.1 Å². The van der Waals surface area contributed by atoms with Crippen molar-refractivity contribution in [1.29, 1.82) is 0 Å². The number of hydrogen-bond donors (Lipinski definition) is 2. The van der Waals surface area contributed by atoms with Crippen LogP contribution in [0.4, 0.5) is 0 Å². The molecule has 0 fully saturated rings. The summed E-state index contributed by atoms with van der Waals surface area (Å²) in [4.78, 5) is 32.7. The lowest BCUT2D eigenvalue weighted by Crippen LogP contribution is -2.37. The summed E-state index contributed by atoms with van der Waals surface area (Å²) >= 11 is 1.70. The Balaban J connectivity index is 1.52. The second-order valence-electron chi connectivity index (χ2n) is 8.57. The standard InChI is InChI=1S/C26H29N5O2S/c1-16(2)31-25-22(14-29-31)21(13-23(30-25)20-12-17(3)34-18(20)4)26(33)28-15-24(32)27-11-10-19-8-6-5-7-9-19/h5-9,12-14,16H,10-11,15H2,1-4H3,(H,27,32)(H,28,33). The molecule has 0 unspecified atom stereocenters. The van der Waals surface area contributed by atoms with E-state index in [1.165, 1.54) is 4.88 Å². The lowest BCUT2D eigenvalue weighted by molar-refractivity contribution is -0.120. The third-order valence-corrected chi connectivity index (χ3v) is 6.57. The van der Waals surface area contributed by atoms with E-state index in [0.717, 1.165) is 28.1 Å². The van der Waals surface area contributed by atoms with Crippen molar-refractivity contribution in [2.45, 2.75) is 40.2 Å². The molecule has 0 spiro atoms. The number of aromatic nitrogens is 3. The molecule has 8 heteroatoms. The Morgan fingerprint density at radius 2 is 1.85 bits per heavy atom. The number of pyridine rings is 1. The zero-order valence-corrected chi connectivity index (χ0v) is 20.7. The number of nitrogens with zero attached hydrogens (tertiary/aromatic N) is 3. The molecule has 1 aromatic carbocycles. The Labute approximate surface area is 203 Å². The van der Waals surface area contributed by atoms with Crippen LogP contribution in [0.3, 0.4) is 0 Å². The summed E-state index contributed by atoms with van der Waals surface area (Å²) in [5.41, 5.74) is 4.02. The summed E-state index contributed by atoms with van der Waals surface area (Å²) < 4.78 is 1.82. The molecule has 4 aromatic rings. The number of carbonyl (C=O) groups is 2. The van der Waals surface area contributed by atoms with E-state index < -0.39 is 0 Å². The van der Waals surface area contributed by atoms with Gasteiger partial charge in [0.05, 0.1) is 29.4 Å². The minimum Gasteiger partial charge on any atom is -0.354 e. The second kappa shape index (κ2) is 10.2. The number of amides is 2. The summed E-state index contributed by atoms with van der Waals surface area (Å²) in [5, 5.41) is 10.8. The molecule has 0 atom stereocenters. The fourth-order valence-electron chi connectivity index (χ4n) is 3.92. The van der Waals surface area contributed by atoms with E-state index in [2.05, 4.69) is 35.6 Å². The maximum Gasteiger partial charge on any atom is 0.252 e. The lowest BCUT2D eigenvalue weighted by Gasteiger charge is -2.11. The molecule has 4 rings (SSSR count). The molecule has 0 saturated heterocycles. The van der Waals surface area contributed by atoms with E-state index in [1.807, 2.05) is 48.9 Å². The van der Waals surface area contributed by atoms with E-state index in [1.54, 1.807) is 23.6 Å². The predicted octanol–water partition coefficient (Wildman–Crippen LogP) is 4.45. The Morgan fingerprint density at radius 3 is 2.53 bits per heavy atom. The van der Waals surface area contributed by atoms with Crippen molar-refractivity contribution in [3.8, 4) is 11.3 Å². The summed E-state index contributed by atoms with van der Waals surface area (Å²) in [6.45, 7) is 8.59. The number of fused-ring (bicyclic) bond motifs is 1. The molecule has 0 aliphatic carbocycles. The van der Waals surface area contributed by atoms with Gasteiger partial charge in [-0.05, 0) is 51.8 Å². The van der Waals surface area contributed by atoms with Gasteiger partial charge in [0.15, 0.2) is 5.65 Å². The first-order valence-electron chi connectivity index (χ1n) is 11.4. The highest BCUT2D eigenvalue weighted by Crippen LogP contribution is 2.32. The van der Waals surface area contributed by atoms with Gasteiger partial charge in [0.25, 0.3) is 5.91 Å². The van der Waals surface area contributed by atoms with Gasteiger partial charge in [0.2, 0.25) is 5.91 Å². The first-order chi connectivity index (χ1) is 16.3. The number of benzene rings is 1. The molecule has 0 bridgehead atoms. The van der Waals surface area contributed by atoms with E-state index in [4.69, 9.17) is 4.98 Å². The highest BCUT2D eigenvalue weighted by atomic mass is 32.1. The van der Waals surface area contributed by atoms with Crippen molar-refractivity contribution >= 4 is 34.2 Å². The van der Waals surface area contributed by atoms with Gasteiger partial charge in [0, 0.05) is 27.9 Å². The van der Waals surface area contributed by atoms with Crippen molar-refractivity contribution in [1.82, 2.24) is 25.4 Å². The van der Waals surface area contributed by atoms with Crippen LogP contribution < -0.4 is 10.6 Å². The molecule has 34 heavy (non-hydrogen) atoms. The largest absolute Gasteiger partial charge is 0.354 e. The fourth-order valence-corrected chi connectivity index (χ4v) is 4.85. The third kappa shape index (κ3) is 5.17. The van der Waals surface area contributed by atoms with Gasteiger partial charge in [0.1, 0.15) is 0 Å². The summed E-state index contributed by atoms with van der Waals surface area (Å²) in [7, 11) is 0. The topological polar surface area (TPSA) is 88.9 Å². The van der Waals surface area contributed by atoms with Crippen LogP contribution in [0.5, 0.6) is 0 Å². The van der Waals surface area contributed by atoms with Gasteiger partial charge in [-0.2, -0.15) is 5.10 Å². The Bertz CT molecular complexity index is 1320. The minimum absolute atomic E-state index is 0.0943. The fraction of sp³-hybridized carbons (Fsp3) is 0.308. The van der Waals surface area contributed by atoms with Gasteiger partial charge in [-0.1, -0.05) is 30.3 Å². The minimum atomic E-state index is -0.320. The maximum absolute atomic E-state index is 13.2. The Morgan fingerprint density at radius 1 is 1.09 bits per heavy atom. The normalized spacial score (nSPS) is 11.2. The van der Waals surface area contributed by atoms with Gasteiger partial charge < -0.3 is 10.6 Å². The van der Waals surface area contributed by atoms with Crippen LogP contribution in [-0.4, -0.2) is 39.7 Å². The molecule has 176 valence electrons. The monoisotopic (exact) mass is 475 g/mol. The SMILES string of the molecule is Cc1cc(-c2cc(C(=O)NCC(=O)NCCc3ccccc3)c3cnn(C(C)C)c3n2)c(C)s1. The van der Waals surface area contributed by atoms with E-state index in [0.29, 0.717) is 23.1 Å². The van der Waals surface area contributed by atoms with Crippen LogP contribution in [0.15, 0.2) is 48.7 Å². The molecule has 7 nitrogen and oxygen atoms in total. The maximum atomic E-state index is 13.2. The molecule has 2 amide bonds. The van der Waals surface area contributed by atoms with Crippen molar-refractivity contribution in [3.05, 3.63) is 69.5 Å². The van der Waals surface area contributed by atoms with Crippen molar-refractivity contribution in [3.63, 3.8) is 0 Å². The van der Waals surface area contributed by atoms with Crippen molar-refractivity contribution in [2.24, 2.45) is 0 Å². The Hall–Kier alpha value is -3.52. The summed E-state index contributed by atoms with van der Waals surface area (Å²) in [6.07, 6.45) is 2.41. The highest BCUT2D eigenvalue weighted by Gasteiger charge is 2.20. The van der Waals surface area contributed by atoms with Crippen LogP contribution in [0, 0.1) is 13.8 Å². The predicted molar refractivity (Wildman–Crippen MR) is 136 cm³/mol. The second-order valence-corrected chi connectivity index (χ2v) is 10.0. The van der Waals surface area contributed by atoms with Gasteiger partial charge >= 0.3 is 0 Å². The smallest absolute Gasteiger partial charge is 0.252 e. The number of aryl methyl sites for hydroxylation is 2. The van der Waals surface area contributed by atoms with Crippen LogP contribution in [0.1, 0.15) is 45.6 Å². The molecule has 2 N–H and O–H groups in total. The molecule has 0 aliphatic rings. The van der Waals surface area contributed by atoms with E-state index >= 15 is 0 Å². The van der Waals surface area contributed by atoms with E-state index in [9.17, 15) is 9.59 Å².